The van der Waals surface area contributed by atoms with Gasteiger partial charge in [0.15, 0.2) is 0 Å². The zero-order chi connectivity index (χ0) is 14.3. The van der Waals surface area contributed by atoms with E-state index < -0.39 is 11.9 Å². The second-order valence-electron chi connectivity index (χ2n) is 6.39. The summed E-state index contributed by atoms with van der Waals surface area (Å²) in [6.07, 6.45) is 11.5. The third-order valence-corrected chi connectivity index (χ3v) is 40.1. The summed E-state index contributed by atoms with van der Waals surface area (Å²) in [7, 11) is 0. The molecule has 0 aromatic rings. The Kier molecular flexibility index (Phi) is 8.54. The minimum absolute atomic E-state index is 1.25. The van der Waals surface area contributed by atoms with Crippen LogP contribution in [0, 0.1) is 0 Å². The van der Waals surface area contributed by atoms with Crippen molar-refractivity contribution < 1.29 is 0 Å². The molecule has 0 aliphatic heterocycles. The molecule has 0 fully saturated rings. The van der Waals surface area contributed by atoms with Crippen LogP contribution in [0.15, 0.2) is 0 Å². The summed E-state index contributed by atoms with van der Waals surface area (Å²) < 4.78 is 0. The van der Waals surface area contributed by atoms with Gasteiger partial charge in [-0.3, -0.25) is 0 Å². The Morgan fingerprint density at radius 1 is 0.778 bits per heavy atom. The van der Waals surface area contributed by atoms with Gasteiger partial charge in [-0.2, -0.15) is 0 Å². The second-order valence-corrected chi connectivity index (χ2v) is 28.9. The normalized spacial score (nSPS) is 16.3. The maximum absolute atomic E-state index is 4.44. The van der Waals surface area contributed by atoms with Crippen molar-refractivity contribution in [2.24, 2.45) is 0 Å². The van der Waals surface area contributed by atoms with Gasteiger partial charge in [0, 0.05) is 0 Å². The van der Waals surface area contributed by atoms with Crippen LogP contribution in [0.25, 0.3) is 0 Å². The quantitative estimate of drug-likeness (QED) is 0.376. The molecular weight excluding hydrogens is 322 g/mol. The summed E-state index contributed by atoms with van der Waals surface area (Å²) in [5, 5.41) is 0. The van der Waals surface area contributed by atoms with E-state index in [1.54, 1.807) is 0 Å². The van der Waals surface area contributed by atoms with Crippen LogP contribution in [0.2, 0.25) is 0 Å². The van der Waals surface area contributed by atoms with Crippen molar-refractivity contribution in [1.82, 2.24) is 0 Å². The van der Waals surface area contributed by atoms with Gasteiger partial charge >= 0.3 is 125 Å². The first-order valence-electron chi connectivity index (χ1n) is 8.05. The van der Waals surface area contributed by atoms with Crippen LogP contribution >= 0.6 is 27.4 Å². The zero-order valence-electron chi connectivity index (χ0n) is 13.7. The molecular formula is C15H37BrP2. The molecule has 0 aliphatic rings. The Morgan fingerprint density at radius 2 is 1.11 bits per heavy atom. The average Bonchev–Trinajstić information content (AvgIpc) is 2.42. The van der Waals surface area contributed by atoms with E-state index in [1.165, 1.54) is 56.5 Å². The van der Waals surface area contributed by atoms with Gasteiger partial charge in [0.1, 0.15) is 0 Å². The van der Waals surface area contributed by atoms with Crippen molar-refractivity contribution in [3.05, 3.63) is 0 Å². The zero-order valence-corrected chi connectivity index (χ0v) is 17.2. The van der Waals surface area contributed by atoms with Gasteiger partial charge in [0.25, 0.3) is 0 Å². The van der Waals surface area contributed by atoms with Crippen LogP contribution in [-0.2, 0) is 0 Å². The van der Waals surface area contributed by atoms with Gasteiger partial charge in [-0.05, 0) is 0 Å². The number of rotatable bonds is 10. The summed E-state index contributed by atoms with van der Waals surface area (Å²) in [5.41, 5.74) is -1.25. The number of hydrogen-bond acceptors (Lipinski definition) is 0. The Bertz CT molecular complexity index is 218. The Hall–Kier alpha value is 1.34. The molecule has 0 aromatic heterocycles. The van der Waals surface area contributed by atoms with Crippen LogP contribution in [-0.4, -0.2) is 37.5 Å². The van der Waals surface area contributed by atoms with Crippen molar-refractivity contribution in [2.75, 3.05) is 37.5 Å². The van der Waals surface area contributed by atoms with Gasteiger partial charge in [0.05, 0.1) is 0 Å². The van der Waals surface area contributed by atoms with Crippen LogP contribution in [0.1, 0.15) is 60.3 Å². The van der Waals surface area contributed by atoms with E-state index in [4.69, 9.17) is 0 Å². The third-order valence-electron chi connectivity index (χ3n) is 5.84. The molecule has 0 rings (SSSR count). The molecule has 0 amide bonds. The average molecular weight is 359 g/mol. The third kappa shape index (κ3) is 3.71. The molecule has 0 radical (unpaired) electrons. The first-order valence-corrected chi connectivity index (χ1v) is 16.8. The van der Waals surface area contributed by atoms with Crippen LogP contribution in [0.4, 0.5) is 0 Å². The molecule has 0 N–H and O–H groups in total. The fourth-order valence-corrected chi connectivity index (χ4v) is 28.4. The van der Waals surface area contributed by atoms with E-state index >= 15 is 0 Å². The van der Waals surface area contributed by atoms with Crippen LogP contribution < -0.4 is 0 Å². The summed E-state index contributed by atoms with van der Waals surface area (Å²) in [6.45, 7) is 14.9. The molecule has 3 heteroatoms. The Labute approximate surface area is 125 Å². The van der Waals surface area contributed by atoms with Gasteiger partial charge in [-0.1, -0.05) is 0 Å². The van der Waals surface area contributed by atoms with Gasteiger partial charge in [-0.15, -0.1) is 0 Å². The van der Waals surface area contributed by atoms with Crippen molar-refractivity contribution in [1.29, 1.82) is 0 Å². The minimum atomic E-state index is -1.48. The molecule has 0 saturated heterocycles. The Balaban J connectivity index is 5.35. The molecule has 18 heavy (non-hydrogen) atoms. The van der Waals surface area contributed by atoms with Crippen molar-refractivity contribution in [3.8, 4) is 0 Å². The van der Waals surface area contributed by atoms with E-state index in [-0.39, 0.29) is 0 Å². The van der Waals surface area contributed by atoms with E-state index in [0.29, 0.717) is 0 Å². The van der Waals surface area contributed by atoms with Gasteiger partial charge in [0.2, 0.25) is 0 Å². The predicted octanol–water partition coefficient (Wildman–Crippen LogP) is 6.80. The Morgan fingerprint density at radius 3 is 1.33 bits per heavy atom. The molecule has 0 unspecified atom stereocenters. The predicted molar refractivity (Wildman–Crippen MR) is 101 cm³/mol. The molecule has 114 valence electrons. The molecule has 0 heterocycles. The first kappa shape index (κ1) is 19.3. The first-order chi connectivity index (χ1) is 8.36. The summed E-state index contributed by atoms with van der Waals surface area (Å²) in [6, 6.07) is 0. The van der Waals surface area contributed by atoms with Crippen molar-refractivity contribution in [3.63, 3.8) is 0 Å². The monoisotopic (exact) mass is 358 g/mol. The number of halogens is 1. The molecule has 0 saturated carbocycles. The maximum atomic E-state index is 4.44. The van der Waals surface area contributed by atoms with E-state index in [2.05, 4.69) is 56.8 Å². The fraction of sp³-hybridized carbons (Fsp3) is 1.00. The number of unbranched alkanes of at least 4 members (excludes halogenated alkanes) is 2. The van der Waals surface area contributed by atoms with Gasteiger partial charge < -0.3 is 0 Å². The van der Waals surface area contributed by atoms with E-state index in [1.807, 2.05) is 0 Å². The molecule has 0 aliphatic carbocycles. The molecule has 0 spiro atoms. The van der Waals surface area contributed by atoms with Gasteiger partial charge in [-0.25, -0.2) is 0 Å². The van der Waals surface area contributed by atoms with Crippen molar-refractivity contribution in [2.45, 2.75) is 60.3 Å². The van der Waals surface area contributed by atoms with E-state index in [0.717, 1.165) is 0 Å². The van der Waals surface area contributed by atoms with E-state index in [9.17, 15) is 0 Å². The summed E-state index contributed by atoms with van der Waals surface area (Å²) >= 11 is 4.44. The fourth-order valence-electron chi connectivity index (χ4n) is 3.24. The summed E-state index contributed by atoms with van der Waals surface area (Å²) in [5.74, 6) is 0. The summed E-state index contributed by atoms with van der Waals surface area (Å²) in [4.78, 5) is 0. The second kappa shape index (κ2) is 7.95. The molecule has 0 aromatic carbocycles. The standard InChI is InChI=1S/C15H37BrP2/c1-7-12-14-17(16,15-13-8-2)18(6,9-3,10-4)11-5/h17H,7-15H2,1-6H3. The SMILES string of the molecule is CCCC[PH](Br)(CCCC)P(C)(CC)(CC)CC. The topological polar surface area (TPSA) is 0 Å². The number of hydrogen-bond donors (Lipinski definition) is 0. The molecule has 0 nitrogen and oxygen atoms in total. The van der Waals surface area contributed by atoms with Crippen molar-refractivity contribution >= 4 is 27.4 Å². The van der Waals surface area contributed by atoms with Crippen LogP contribution in [0.3, 0.4) is 0 Å². The molecule has 0 atom stereocenters. The molecule has 0 bridgehead atoms. The van der Waals surface area contributed by atoms with Crippen LogP contribution in [0.5, 0.6) is 0 Å².